The molecule has 0 bridgehead atoms. The molecule has 0 saturated carbocycles. The van der Waals surface area contributed by atoms with Gasteiger partial charge in [-0.3, -0.25) is 0 Å². The Morgan fingerprint density at radius 2 is 1.29 bits per heavy atom. The minimum absolute atomic E-state index is 0.309. The van der Waals surface area contributed by atoms with Gasteiger partial charge in [-0.2, -0.15) is 8.78 Å². The Balaban J connectivity index is 3.55. The van der Waals surface area contributed by atoms with E-state index in [0.717, 1.165) is 14.2 Å². The van der Waals surface area contributed by atoms with Gasteiger partial charge in [0.25, 0.3) is 0 Å². The zero-order valence-corrected chi connectivity index (χ0v) is 8.91. The first-order chi connectivity index (χ1) is 6.54. The van der Waals surface area contributed by atoms with E-state index in [1.807, 2.05) is 0 Å². The minimum atomic E-state index is -1.41. The summed E-state index contributed by atoms with van der Waals surface area (Å²) in [5.74, 6) is -5.05. The van der Waals surface area contributed by atoms with E-state index in [9.17, 15) is 13.2 Å². The van der Waals surface area contributed by atoms with E-state index in [-0.39, 0.29) is 4.47 Å². The van der Waals surface area contributed by atoms with Crippen molar-refractivity contribution in [2.75, 3.05) is 14.2 Å². The second-order valence-electron chi connectivity index (χ2n) is 2.32. The fraction of sp³-hybridized carbons (Fsp3) is 0.250. The molecule has 0 radical (unpaired) electrons. The van der Waals surface area contributed by atoms with Crippen molar-refractivity contribution in [2.24, 2.45) is 0 Å². The van der Waals surface area contributed by atoms with Gasteiger partial charge in [0, 0.05) is 0 Å². The number of hydrogen-bond acceptors (Lipinski definition) is 2. The van der Waals surface area contributed by atoms with Gasteiger partial charge in [-0.1, -0.05) is 0 Å². The minimum Gasteiger partial charge on any atom is -0.492 e. The van der Waals surface area contributed by atoms with Gasteiger partial charge in [0.2, 0.25) is 11.6 Å². The van der Waals surface area contributed by atoms with Gasteiger partial charge in [-0.05, 0) is 15.9 Å². The Bertz CT molecular complexity index is 304. The van der Waals surface area contributed by atoms with Crippen LogP contribution in [-0.2, 0) is 0 Å². The molecule has 1 aromatic carbocycles. The number of methoxy groups -OCH3 is 2. The largest absolute Gasteiger partial charge is 0.492 e. The normalized spacial score (nSPS) is 10.1. The van der Waals surface area contributed by atoms with Crippen molar-refractivity contribution in [1.82, 2.24) is 0 Å². The SMILES string of the molecule is COc1c(F)c(F)c(OC)c(Br)c1F. The fourth-order valence-electron chi connectivity index (χ4n) is 0.950. The second-order valence-corrected chi connectivity index (χ2v) is 3.12. The first-order valence-corrected chi connectivity index (χ1v) is 4.27. The zero-order valence-electron chi connectivity index (χ0n) is 7.33. The van der Waals surface area contributed by atoms with Crippen LogP contribution in [-0.4, -0.2) is 14.2 Å². The average molecular weight is 271 g/mol. The molecular formula is C8H6BrF3O2. The molecule has 0 aromatic heterocycles. The molecule has 0 aliphatic rings. The maximum atomic E-state index is 13.2. The first-order valence-electron chi connectivity index (χ1n) is 3.48. The lowest BCUT2D eigenvalue weighted by Crippen LogP contribution is -2.01. The molecule has 0 amide bonds. The summed E-state index contributed by atoms with van der Waals surface area (Å²) in [7, 11) is 2.15. The Labute approximate surface area is 86.8 Å². The summed E-state index contributed by atoms with van der Waals surface area (Å²) in [6.45, 7) is 0. The van der Waals surface area contributed by atoms with Crippen molar-refractivity contribution in [3.8, 4) is 11.5 Å². The summed E-state index contributed by atoms with van der Waals surface area (Å²) in [5, 5.41) is 0. The lowest BCUT2D eigenvalue weighted by molar-refractivity contribution is 0.321. The molecule has 0 fully saturated rings. The van der Waals surface area contributed by atoms with Crippen LogP contribution in [0.1, 0.15) is 0 Å². The van der Waals surface area contributed by atoms with Crippen LogP contribution >= 0.6 is 15.9 Å². The summed E-state index contributed by atoms with van der Waals surface area (Å²) < 4.78 is 47.9. The molecular weight excluding hydrogens is 265 g/mol. The van der Waals surface area contributed by atoms with Crippen LogP contribution in [0.4, 0.5) is 13.2 Å². The number of rotatable bonds is 2. The Morgan fingerprint density at radius 1 is 0.857 bits per heavy atom. The summed E-state index contributed by atoms with van der Waals surface area (Å²) >= 11 is 2.73. The maximum Gasteiger partial charge on any atom is 0.207 e. The number of hydrogen-bond donors (Lipinski definition) is 0. The maximum absolute atomic E-state index is 13.2. The number of benzene rings is 1. The van der Waals surface area contributed by atoms with Crippen molar-refractivity contribution in [1.29, 1.82) is 0 Å². The van der Waals surface area contributed by atoms with E-state index < -0.39 is 29.0 Å². The molecule has 78 valence electrons. The average Bonchev–Trinajstić information content (AvgIpc) is 2.17. The van der Waals surface area contributed by atoms with Crippen LogP contribution in [0.15, 0.2) is 4.47 Å². The molecule has 6 heteroatoms. The molecule has 0 aliphatic heterocycles. The van der Waals surface area contributed by atoms with Gasteiger partial charge < -0.3 is 9.47 Å². The number of halogens is 4. The van der Waals surface area contributed by atoms with Gasteiger partial charge in [0.05, 0.1) is 14.2 Å². The fourth-order valence-corrected chi connectivity index (χ4v) is 1.47. The monoisotopic (exact) mass is 270 g/mol. The molecule has 0 saturated heterocycles. The van der Waals surface area contributed by atoms with E-state index in [2.05, 4.69) is 25.4 Å². The number of ether oxygens (including phenoxy) is 2. The predicted molar refractivity (Wildman–Crippen MR) is 47.1 cm³/mol. The molecule has 0 atom stereocenters. The van der Waals surface area contributed by atoms with Crippen LogP contribution in [0.25, 0.3) is 0 Å². The molecule has 0 heterocycles. The third-order valence-corrected chi connectivity index (χ3v) is 2.30. The highest BCUT2D eigenvalue weighted by Gasteiger charge is 2.25. The topological polar surface area (TPSA) is 18.5 Å². The van der Waals surface area contributed by atoms with Crippen molar-refractivity contribution in [3.05, 3.63) is 21.9 Å². The van der Waals surface area contributed by atoms with Crippen LogP contribution in [0.5, 0.6) is 11.5 Å². The van der Waals surface area contributed by atoms with Crippen molar-refractivity contribution in [2.45, 2.75) is 0 Å². The Kier molecular flexibility index (Phi) is 3.25. The molecule has 1 rings (SSSR count). The van der Waals surface area contributed by atoms with Crippen LogP contribution in [0, 0.1) is 17.5 Å². The summed E-state index contributed by atoms with van der Waals surface area (Å²) in [6.07, 6.45) is 0. The Hall–Kier alpha value is -0.910. The van der Waals surface area contributed by atoms with E-state index in [1.165, 1.54) is 0 Å². The third-order valence-electron chi connectivity index (χ3n) is 1.59. The molecule has 0 aliphatic carbocycles. The quantitative estimate of drug-likeness (QED) is 0.770. The molecule has 0 N–H and O–H groups in total. The highest BCUT2D eigenvalue weighted by molar-refractivity contribution is 9.10. The van der Waals surface area contributed by atoms with Crippen LogP contribution in [0.3, 0.4) is 0 Å². The summed E-state index contributed by atoms with van der Waals surface area (Å²) in [5.41, 5.74) is 0. The standard InChI is InChI=1S/C8H6BrF3O2/c1-13-7-3(9)4(10)8(14-2)6(12)5(7)11/h1-2H3. The van der Waals surface area contributed by atoms with E-state index in [0.29, 0.717) is 0 Å². The molecule has 0 unspecified atom stereocenters. The third kappa shape index (κ3) is 1.54. The smallest absolute Gasteiger partial charge is 0.207 e. The second kappa shape index (κ2) is 4.08. The summed E-state index contributed by atoms with van der Waals surface area (Å²) in [4.78, 5) is 0. The van der Waals surface area contributed by atoms with Gasteiger partial charge in [0.1, 0.15) is 4.47 Å². The van der Waals surface area contributed by atoms with Gasteiger partial charge >= 0.3 is 0 Å². The molecule has 0 spiro atoms. The molecule has 2 nitrogen and oxygen atoms in total. The van der Waals surface area contributed by atoms with Gasteiger partial charge in [0.15, 0.2) is 17.3 Å². The van der Waals surface area contributed by atoms with Crippen molar-refractivity contribution in [3.63, 3.8) is 0 Å². The zero-order chi connectivity index (χ0) is 10.9. The van der Waals surface area contributed by atoms with Crippen LogP contribution in [0.2, 0.25) is 0 Å². The summed E-state index contributed by atoms with van der Waals surface area (Å²) in [6, 6.07) is 0. The van der Waals surface area contributed by atoms with E-state index in [4.69, 9.17) is 0 Å². The molecule has 1 aromatic rings. The van der Waals surface area contributed by atoms with Gasteiger partial charge in [-0.25, -0.2) is 4.39 Å². The molecule has 14 heavy (non-hydrogen) atoms. The van der Waals surface area contributed by atoms with Crippen LogP contribution < -0.4 is 9.47 Å². The predicted octanol–water partition coefficient (Wildman–Crippen LogP) is 2.88. The van der Waals surface area contributed by atoms with Crippen molar-refractivity contribution >= 4 is 15.9 Å². The lowest BCUT2D eigenvalue weighted by Gasteiger charge is -2.10. The van der Waals surface area contributed by atoms with E-state index in [1.54, 1.807) is 0 Å². The highest BCUT2D eigenvalue weighted by atomic mass is 79.9. The lowest BCUT2D eigenvalue weighted by atomic mass is 10.3. The first kappa shape index (κ1) is 11.2. The van der Waals surface area contributed by atoms with E-state index >= 15 is 0 Å². The van der Waals surface area contributed by atoms with Crippen molar-refractivity contribution < 1.29 is 22.6 Å². The Morgan fingerprint density at radius 3 is 1.71 bits per heavy atom. The highest BCUT2D eigenvalue weighted by Crippen LogP contribution is 2.38. The van der Waals surface area contributed by atoms with Gasteiger partial charge in [-0.15, -0.1) is 0 Å².